The van der Waals surface area contributed by atoms with Gasteiger partial charge in [0, 0.05) is 18.0 Å². The van der Waals surface area contributed by atoms with E-state index in [0.717, 1.165) is 37.6 Å². The number of rotatable bonds is 3. The molecule has 1 atom stereocenters. The molecule has 3 nitrogen and oxygen atoms in total. The first kappa shape index (κ1) is 15.0. The molecule has 1 aromatic rings. The highest BCUT2D eigenvalue weighted by Gasteiger charge is 2.36. The minimum Gasteiger partial charge on any atom is -0.496 e. The molecule has 1 heterocycles. The van der Waals surface area contributed by atoms with Gasteiger partial charge in [-0.15, -0.1) is 0 Å². The van der Waals surface area contributed by atoms with E-state index in [1.54, 1.807) is 0 Å². The van der Waals surface area contributed by atoms with Crippen molar-refractivity contribution in [2.45, 2.75) is 24.9 Å². The van der Waals surface area contributed by atoms with Crippen LogP contribution in [0.2, 0.25) is 0 Å². The smallest absolute Gasteiger partial charge is 0.420 e. The number of hydrogen-bond acceptors (Lipinski definition) is 3. The van der Waals surface area contributed by atoms with E-state index < -0.39 is 11.7 Å². The van der Waals surface area contributed by atoms with E-state index in [2.05, 4.69) is 5.32 Å². The minimum absolute atomic E-state index is 0.148. The van der Waals surface area contributed by atoms with Gasteiger partial charge in [-0.3, -0.25) is 0 Å². The summed E-state index contributed by atoms with van der Waals surface area (Å²) >= 11 is 0. The van der Waals surface area contributed by atoms with Gasteiger partial charge in [-0.25, -0.2) is 0 Å². The Morgan fingerprint density at radius 3 is 2.35 bits per heavy atom. The molecule has 1 aliphatic heterocycles. The summed E-state index contributed by atoms with van der Waals surface area (Å²) in [5, 5.41) is 3.25. The predicted octanol–water partition coefficient (Wildman–Crippen LogP) is 3.19. The quantitative estimate of drug-likeness (QED) is 0.927. The van der Waals surface area contributed by atoms with Crippen molar-refractivity contribution >= 4 is 0 Å². The van der Waals surface area contributed by atoms with Crippen LogP contribution >= 0.6 is 0 Å². The highest BCUT2D eigenvalue weighted by Crippen LogP contribution is 2.42. The monoisotopic (exact) mass is 289 g/mol. The van der Waals surface area contributed by atoms with Crippen molar-refractivity contribution < 1.29 is 22.6 Å². The summed E-state index contributed by atoms with van der Waals surface area (Å²) < 4.78 is 49.0. The number of piperidine rings is 1. The third-order valence-electron chi connectivity index (χ3n) is 3.59. The van der Waals surface area contributed by atoms with Gasteiger partial charge in [-0.05, 0) is 31.5 Å². The maximum absolute atomic E-state index is 13.0. The van der Waals surface area contributed by atoms with E-state index in [1.165, 1.54) is 20.3 Å². The van der Waals surface area contributed by atoms with Gasteiger partial charge >= 0.3 is 6.18 Å². The molecule has 0 aromatic heterocycles. The maximum atomic E-state index is 13.0. The summed E-state index contributed by atoms with van der Waals surface area (Å²) in [5.41, 5.74) is -0.0334. The molecule has 0 spiro atoms. The maximum Gasteiger partial charge on any atom is 0.420 e. The van der Waals surface area contributed by atoms with Crippen LogP contribution < -0.4 is 14.8 Å². The fourth-order valence-corrected chi connectivity index (χ4v) is 2.58. The zero-order chi connectivity index (χ0) is 14.8. The third-order valence-corrected chi connectivity index (χ3v) is 3.59. The second kappa shape index (κ2) is 5.91. The molecule has 2 rings (SSSR count). The Morgan fingerprint density at radius 2 is 1.85 bits per heavy atom. The number of methoxy groups -OCH3 is 2. The molecule has 1 aromatic carbocycles. The van der Waals surface area contributed by atoms with Crippen LogP contribution in [-0.4, -0.2) is 27.3 Å². The normalized spacial score (nSPS) is 19.8. The molecule has 20 heavy (non-hydrogen) atoms. The fourth-order valence-electron chi connectivity index (χ4n) is 2.58. The average Bonchev–Trinajstić information content (AvgIpc) is 2.45. The van der Waals surface area contributed by atoms with Crippen LogP contribution in [0.1, 0.15) is 29.9 Å². The number of benzene rings is 1. The SMILES string of the molecule is COc1cc(C(F)(F)F)c(OC)cc1[C@@H]1CCCNC1. The number of hydrogen-bond donors (Lipinski definition) is 1. The lowest BCUT2D eigenvalue weighted by molar-refractivity contribution is -0.138. The summed E-state index contributed by atoms with van der Waals surface area (Å²) in [5.74, 6) is 0.264. The Bertz CT molecular complexity index is 468. The van der Waals surface area contributed by atoms with Crippen molar-refractivity contribution in [3.05, 3.63) is 23.3 Å². The Hall–Kier alpha value is -1.43. The van der Waals surface area contributed by atoms with Gasteiger partial charge in [0.2, 0.25) is 0 Å². The highest BCUT2D eigenvalue weighted by molar-refractivity contribution is 5.49. The molecule has 0 radical (unpaired) electrons. The van der Waals surface area contributed by atoms with Gasteiger partial charge in [0.25, 0.3) is 0 Å². The summed E-state index contributed by atoms with van der Waals surface area (Å²) in [6.07, 6.45) is -2.53. The molecule has 1 fully saturated rings. The van der Waals surface area contributed by atoms with Crippen molar-refractivity contribution in [1.29, 1.82) is 0 Å². The lowest BCUT2D eigenvalue weighted by atomic mass is 9.90. The Balaban J connectivity index is 2.46. The zero-order valence-electron chi connectivity index (χ0n) is 11.5. The number of ether oxygens (including phenoxy) is 2. The van der Waals surface area contributed by atoms with Crippen LogP contribution in [0.4, 0.5) is 13.2 Å². The van der Waals surface area contributed by atoms with Crippen LogP contribution in [0.3, 0.4) is 0 Å². The molecule has 0 amide bonds. The molecule has 6 heteroatoms. The largest absolute Gasteiger partial charge is 0.496 e. The van der Waals surface area contributed by atoms with Gasteiger partial charge in [-0.2, -0.15) is 13.2 Å². The van der Waals surface area contributed by atoms with Gasteiger partial charge in [0.05, 0.1) is 14.2 Å². The second-order valence-electron chi connectivity index (χ2n) is 4.84. The first-order chi connectivity index (χ1) is 9.47. The lowest BCUT2D eigenvalue weighted by Gasteiger charge is -2.26. The summed E-state index contributed by atoms with van der Waals surface area (Å²) in [7, 11) is 2.64. The Labute approximate surface area is 116 Å². The van der Waals surface area contributed by atoms with Crippen LogP contribution in [-0.2, 0) is 6.18 Å². The standard InChI is InChI=1S/C14H18F3NO2/c1-19-12-7-11(14(15,16)17)13(20-2)6-10(12)9-4-3-5-18-8-9/h6-7,9,18H,3-5,8H2,1-2H3/t9-/m1/s1. The molecule has 1 aliphatic rings. The van der Waals surface area contributed by atoms with Gasteiger partial charge < -0.3 is 14.8 Å². The fraction of sp³-hybridized carbons (Fsp3) is 0.571. The minimum atomic E-state index is -4.46. The topological polar surface area (TPSA) is 30.5 Å². The molecule has 0 aliphatic carbocycles. The van der Waals surface area contributed by atoms with Crippen LogP contribution in [0, 0.1) is 0 Å². The van der Waals surface area contributed by atoms with Crippen molar-refractivity contribution in [3.8, 4) is 11.5 Å². The van der Waals surface area contributed by atoms with Gasteiger partial charge in [0.15, 0.2) is 0 Å². The summed E-state index contributed by atoms with van der Waals surface area (Å²) in [4.78, 5) is 0. The number of alkyl halides is 3. The molecule has 0 bridgehead atoms. The summed E-state index contributed by atoms with van der Waals surface area (Å²) in [6.45, 7) is 1.68. The van der Waals surface area contributed by atoms with Crippen molar-refractivity contribution in [2.75, 3.05) is 27.3 Å². The molecular weight excluding hydrogens is 271 g/mol. The summed E-state index contributed by atoms with van der Waals surface area (Å²) in [6, 6.07) is 2.49. The average molecular weight is 289 g/mol. The molecule has 1 N–H and O–H groups in total. The van der Waals surface area contributed by atoms with Crippen LogP contribution in [0.15, 0.2) is 12.1 Å². The number of nitrogens with one attached hydrogen (secondary N) is 1. The molecular formula is C14H18F3NO2. The van der Waals surface area contributed by atoms with E-state index in [-0.39, 0.29) is 17.4 Å². The van der Waals surface area contributed by atoms with E-state index in [4.69, 9.17) is 9.47 Å². The highest BCUT2D eigenvalue weighted by atomic mass is 19.4. The Kier molecular flexibility index (Phi) is 4.42. The van der Waals surface area contributed by atoms with E-state index in [1.807, 2.05) is 0 Å². The Morgan fingerprint density at radius 1 is 1.15 bits per heavy atom. The predicted molar refractivity (Wildman–Crippen MR) is 69.4 cm³/mol. The lowest BCUT2D eigenvalue weighted by Crippen LogP contribution is -2.28. The second-order valence-corrected chi connectivity index (χ2v) is 4.84. The first-order valence-electron chi connectivity index (χ1n) is 6.51. The van der Waals surface area contributed by atoms with E-state index in [0.29, 0.717) is 0 Å². The van der Waals surface area contributed by atoms with E-state index in [9.17, 15) is 13.2 Å². The van der Waals surface area contributed by atoms with Gasteiger partial charge in [0.1, 0.15) is 17.1 Å². The molecule has 1 saturated heterocycles. The van der Waals surface area contributed by atoms with Crippen molar-refractivity contribution in [2.24, 2.45) is 0 Å². The van der Waals surface area contributed by atoms with E-state index >= 15 is 0 Å². The molecule has 0 saturated carbocycles. The molecule has 0 unspecified atom stereocenters. The van der Waals surface area contributed by atoms with Crippen LogP contribution in [0.5, 0.6) is 11.5 Å². The van der Waals surface area contributed by atoms with Crippen molar-refractivity contribution in [1.82, 2.24) is 5.32 Å². The molecule has 112 valence electrons. The van der Waals surface area contributed by atoms with Gasteiger partial charge in [-0.1, -0.05) is 0 Å². The zero-order valence-corrected chi connectivity index (χ0v) is 11.5. The first-order valence-corrected chi connectivity index (χ1v) is 6.51. The number of halogens is 3. The van der Waals surface area contributed by atoms with Crippen LogP contribution in [0.25, 0.3) is 0 Å². The van der Waals surface area contributed by atoms with Crippen molar-refractivity contribution in [3.63, 3.8) is 0 Å². The third kappa shape index (κ3) is 3.00.